The zero-order valence-electron chi connectivity index (χ0n) is 18.5. The number of aryl methyl sites for hydroxylation is 1. The number of hydrogen-bond donors (Lipinski definition) is 2. The van der Waals surface area contributed by atoms with Crippen molar-refractivity contribution in [2.75, 3.05) is 12.3 Å². The van der Waals surface area contributed by atoms with E-state index < -0.39 is 15.8 Å². The van der Waals surface area contributed by atoms with Crippen LogP contribution in [-0.2, 0) is 21.2 Å². The fourth-order valence-corrected chi connectivity index (χ4v) is 5.48. The summed E-state index contributed by atoms with van der Waals surface area (Å²) in [5.41, 5.74) is 1.81. The molecule has 3 N–H and O–H groups in total. The summed E-state index contributed by atoms with van der Waals surface area (Å²) >= 11 is 2.27. The van der Waals surface area contributed by atoms with Crippen LogP contribution in [0.2, 0.25) is 0 Å². The molecule has 0 aliphatic rings. The van der Waals surface area contributed by atoms with Crippen LogP contribution in [0.15, 0.2) is 68.8 Å². The molecule has 12 heteroatoms. The highest BCUT2D eigenvalue weighted by molar-refractivity contribution is 7.99. The molecule has 0 saturated carbocycles. The number of nitrogens with one attached hydrogen (secondary N) is 1. The Balaban J connectivity index is 1.46. The van der Waals surface area contributed by atoms with Crippen molar-refractivity contribution in [3.05, 3.63) is 81.2 Å². The lowest BCUT2D eigenvalue weighted by Gasteiger charge is -2.13. The molecule has 0 unspecified atom stereocenters. The van der Waals surface area contributed by atoms with Gasteiger partial charge in [-0.25, -0.2) is 22.9 Å². The molecule has 2 aromatic carbocycles. The van der Waals surface area contributed by atoms with E-state index in [1.54, 1.807) is 42.6 Å². The third-order valence-electron chi connectivity index (χ3n) is 5.11. The molecule has 0 spiro atoms. The standard InChI is InChI=1S/C23H21FN4O4S3/c1-14-2-7-17(24)19(12-14)28-22(30)21-18(9-11-33-21)27-23(28)34-13-20(29)26-10-8-15-3-5-16(6-4-15)35(25,31)32/h2-7,9,11-12H,8,10,13H2,1H3,(H,26,29)(H2,25,31,32). The second-order valence-corrected chi connectivity index (χ2v) is 11.1. The Morgan fingerprint density at radius 1 is 1.20 bits per heavy atom. The molecule has 4 rings (SSSR count). The third kappa shape index (κ3) is 5.78. The number of carbonyl (C=O) groups excluding carboxylic acids is 1. The maximum absolute atomic E-state index is 14.6. The monoisotopic (exact) mass is 532 g/mol. The normalized spacial score (nSPS) is 11.6. The van der Waals surface area contributed by atoms with Crippen molar-refractivity contribution in [2.24, 2.45) is 5.14 Å². The topological polar surface area (TPSA) is 124 Å². The smallest absolute Gasteiger partial charge is 0.276 e. The fourth-order valence-electron chi connectivity index (χ4n) is 3.37. The second kappa shape index (κ2) is 10.3. The van der Waals surface area contributed by atoms with Gasteiger partial charge in [-0.1, -0.05) is 30.0 Å². The van der Waals surface area contributed by atoms with Crippen LogP contribution < -0.4 is 16.0 Å². The highest BCUT2D eigenvalue weighted by Gasteiger charge is 2.18. The van der Waals surface area contributed by atoms with E-state index in [2.05, 4.69) is 10.3 Å². The Kier molecular flexibility index (Phi) is 7.36. The largest absolute Gasteiger partial charge is 0.355 e. The van der Waals surface area contributed by atoms with Crippen molar-refractivity contribution in [1.82, 2.24) is 14.9 Å². The van der Waals surface area contributed by atoms with Gasteiger partial charge in [-0.2, -0.15) is 0 Å². The van der Waals surface area contributed by atoms with Crippen molar-refractivity contribution in [1.29, 1.82) is 0 Å². The molecule has 0 atom stereocenters. The summed E-state index contributed by atoms with van der Waals surface area (Å²) in [6.45, 7) is 2.12. The molecule has 0 radical (unpaired) electrons. The molecular weight excluding hydrogens is 511 g/mol. The number of halogens is 1. The summed E-state index contributed by atoms with van der Waals surface area (Å²) in [5, 5.41) is 9.84. The van der Waals surface area contributed by atoms with Gasteiger partial charge in [0.1, 0.15) is 10.5 Å². The molecule has 2 aromatic heterocycles. The highest BCUT2D eigenvalue weighted by Crippen LogP contribution is 2.25. The molecule has 2 heterocycles. The number of carbonyl (C=O) groups is 1. The molecule has 0 bridgehead atoms. The molecule has 0 saturated heterocycles. The summed E-state index contributed by atoms with van der Waals surface area (Å²) in [6.07, 6.45) is 0.486. The number of hydrogen-bond acceptors (Lipinski definition) is 7. The predicted octanol–water partition coefficient (Wildman–Crippen LogP) is 2.99. The number of sulfonamides is 1. The summed E-state index contributed by atoms with van der Waals surface area (Å²) in [5.74, 6) is -0.873. The van der Waals surface area contributed by atoms with Gasteiger partial charge >= 0.3 is 0 Å². The van der Waals surface area contributed by atoms with Crippen LogP contribution in [0.25, 0.3) is 15.9 Å². The summed E-state index contributed by atoms with van der Waals surface area (Å²) in [6, 6.07) is 12.3. The Labute approximate surface area is 209 Å². The van der Waals surface area contributed by atoms with Crippen LogP contribution in [0.1, 0.15) is 11.1 Å². The molecule has 0 fully saturated rings. The molecule has 8 nitrogen and oxygen atoms in total. The first-order valence-electron chi connectivity index (χ1n) is 10.4. The number of aromatic nitrogens is 2. The Bertz CT molecular complexity index is 1560. The Morgan fingerprint density at radius 2 is 1.94 bits per heavy atom. The van der Waals surface area contributed by atoms with Crippen LogP contribution in [0, 0.1) is 12.7 Å². The average Bonchev–Trinajstić information content (AvgIpc) is 3.28. The van der Waals surface area contributed by atoms with Crippen molar-refractivity contribution >= 4 is 49.2 Å². The zero-order valence-corrected chi connectivity index (χ0v) is 21.0. The minimum Gasteiger partial charge on any atom is -0.355 e. The van der Waals surface area contributed by atoms with Gasteiger partial charge in [0.25, 0.3) is 5.56 Å². The Hall–Kier alpha value is -3.06. The SMILES string of the molecule is Cc1ccc(F)c(-n2c(SCC(=O)NCCc3ccc(S(N)(=O)=O)cc3)nc3ccsc3c2=O)c1. The maximum atomic E-state index is 14.6. The van der Waals surface area contributed by atoms with E-state index in [4.69, 9.17) is 5.14 Å². The lowest BCUT2D eigenvalue weighted by atomic mass is 10.1. The van der Waals surface area contributed by atoms with Crippen LogP contribution in [-0.4, -0.2) is 36.2 Å². The molecule has 0 aliphatic heterocycles. The van der Waals surface area contributed by atoms with Gasteiger partial charge in [-0.15, -0.1) is 11.3 Å². The van der Waals surface area contributed by atoms with Gasteiger partial charge in [0, 0.05) is 6.54 Å². The van der Waals surface area contributed by atoms with Crippen LogP contribution in [0.5, 0.6) is 0 Å². The number of thiophene rings is 1. The molecule has 4 aromatic rings. The van der Waals surface area contributed by atoms with Gasteiger partial charge in [0.15, 0.2) is 5.16 Å². The molecule has 1 amide bonds. The minimum atomic E-state index is -3.75. The molecule has 0 aliphatic carbocycles. The summed E-state index contributed by atoms with van der Waals surface area (Å²) < 4.78 is 38.9. The van der Waals surface area contributed by atoms with E-state index in [9.17, 15) is 22.4 Å². The van der Waals surface area contributed by atoms with Gasteiger partial charge < -0.3 is 5.32 Å². The average molecular weight is 533 g/mol. The van der Waals surface area contributed by atoms with E-state index in [0.29, 0.717) is 23.2 Å². The number of nitrogens with two attached hydrogens (primary N) is 1. The molecule has 182 valence electrons. The van der Waals surface area contributed by atoms with Gasteiger partial charge in [0.2, 0.25) is 15.9 Å². The first-order valence-corrected chi connectivity index (χ1v) is 13.8. The molecular formula is C23H21FN4O4S3. The van der Waals surface area contributed by atoms with E-state index in [0.717, 1.165) is 22.9 Å². The van der Waals surface area contributed by atoms with E-state index in [-0.39, 0.29) is 33.0 Å². The maximum Gasteiger partial charge on any atom is 0.276 e. The van der Waals surface area contributed by atoms with Crippen molar-refractivity contribution < 1.29 is 17.6 Å². The van der Waals surface area contributed by atoms with Crippen molar-refractivity contribution in [3.63, 3.8) is 0 Å². The predicted molar refractivity (Wildman–Crippen MR) is 135 cm³/mol. The lowest BCUT2D eigenvalue weighted by molar-refractivity contribution is -0.118. The van der Waals surface area contributed by atoms with Gasteiger partial charge in [-0.3, -0.25) is 14.2 Å². The lowest BCUT2D eigenvalue weighted by Crippen LogP contribution is -2.28. The minimum absolute atomic E-state index is 0.0212. The Morgan fingerprint density at radius 3 is 2.66 bits per heavy atom. The van der Waals surface area contributed by atoms with E-state index in [1.165, 1.54) is 34.1 Å². The fraction of sp³-hybridized carbons (Fsp3) is 0.174. The van der Waals surface area contributed by atoms with E-state index in [1.807, 2.05) is 0 Å². The van der Waals surface area contributed by atoms with Crippen LogP contribution in [0.3, 0.4) is 0 Å². The second-order valence-electron chi connectivity index (χ2n) is 7.70. The number of rotatable bonds is 8. The number of thioether (sulfide) groups is 1. The molecule has 35 heavy (non-hydrogen) atoms. The zero-order chi connectivity index (χ0) is 25.2. The van der Waals surface area contributed by atoms with Crippen molar-refractivity contribution in [3.8, 4) is 5.69 Å². The van der Waals surface area contributed by atoms with E-state index >= 15 is 0 Å². The quantitative estimate of drug-likeness (QED) is 0.266. The highest BCUT2D eigenvalue weighted by atomic mass is 32.2. The number of fused-ring (bicyclic) bond motifs is 1. The number of benzene rings is 2. The van der Waals surface area contributed by atoms with Crippen LogP contribution >= 0.6 is 23.1 Å². The number of nitrogens with zero attached hydrogens (tertiary/aromatic N) is 2. The first kappa shape index (κ1) is 25.0. The van der Waals surface area contributed by atoms with Gasteiger partial charge in [0.05, 0.1) is 21.9 Å². The van der Waals surface area contributed by atoms with Crippen LogP contribution in [0.4, 0.5) is 4.39 Å². The summed E-state index contributed by atoms with van der Waals surface area (Å²) in [7, 11) is -3.75. The first-order chi connectivity index (χ1) is 16.6. The van der Waals surface area contributed by atoms with Crippen molar-refractivity contribution in [2.45, 2.75) is 23.4 Å². The van der Waals surface area contributed by atoms with Gasteiger partial charge in [-0.05, 0) is 60.2 Å². The third-order valence-corrected chi connectivity index (χ3v) is 7.87. The summed E-state index contributed by atoms with van der Waals surface area (Å²) in [4.78, 5) is 30.1. The number of amides is 1. The number of primary sulfonamides is 1.